The molecule has 28 heavy (non-hydrogen) atoms. The van der Waals surface area contributed by atoms with Gasteiger partial charge in [0.25, 0.3) is 0 Å². The molecule has 0 aliphatic heterocycles. The van der Waals surface area contributed by atoms with Crippen molar-refractivity contribution < 1.29 is 9.44 Å². The van der Waals surface area contributed by atoms with E-state index in [4.69, 9.17) is 11.0 Å². The first-order chi connectivity index (χ1) is 13.4. The molecule has 3 aromatic rings. The van der Waals surface area contributed by atoms with Crippen LogP contribution in [0.25, 0.3) is 15.8 Å². The molecule has 5 nitrogen and oxygen atoms in total. The zero-order valence-electron chi connectivity index (χ0n) is 16.3. The number of hydrogen-bond acceptors (Lipinski definition) is 4. The molecule has 2 aromatic carbocycles. The molecule has 0 saturated heterocycles. The van der Waals surface area contributed by atoms with Gasteiger partial charge in [-0.05, 0) is 24.4 Å². The fourth-order valence-corrected chi connectivity index (χ4v) is 3.36. The summed E-state index contributed by atoms with van der Waals surface area (Å²) in [7, 11) is -0.757. The van der Waals surface area contributed by atoms with E-state index in [-0.39, 0.29) is 17.4 Å². The summed E-state index contributed by atoms with van der Waals surface area (Å²) < 4.78 is 6.20. The van der Waals surface area contributed by atoms with E-state index in [0.29, 0.717) is 34.4 Å². The fraction of sp³-hybridized carbons (Fsp3) is 0.273. The Morgan fingerprint density at radius 1 is 1.21 bits per heavy atom. The van der Waals surface area contributed by atoms with Gasteiger partial charge in [0.15, 0.2) is 11.1 Å². The Morgan fingerprint density at radius 2 is 1.93 bits per heavy atom. The smallest absolute Gasteiger partial charge is 0.374 e. The van der Waals surface area contributed by atoms with Gasteiger partial charge in [-0.15, -0.1) is 0 Å². The molecule has 2 N–H and O–H groups in total. The minimum Gasteiger partial charge on any atom is -0.460 e. The predicted octanol–water partition coefficient (Wildman–Crippen LogP) is 4.33. The molecule has 1 heterocycles. The number of nitrogens with one attached hydrogen (secondary N) is 1. The topological polar surface area (TPSA) is 66.8 Å². The second kappa shape index (κ2) is 8.43. The van der Waals surface area contributed by atoms with E-state index in [1.165, 1.54) is 0 Å². The first-order valence-electron chi connectivity index (χ1n) is 9.36. The Hall–Kier alpha value is -2.88. The molecule has 1 aromatic heterocycles. The van der Waals surface area contributed by atoms with Crippen molar-refractivity contribution in [3.63, 3.8) is 0 Å². The van der Waals surface area contributed by atoms with Crippen molar-refractivity contribution in [2.45, 2.75) is 33.1 Å². The molecule has 3 rings (SSSR count). The molecule has 6 heteroatoms. The van der Waals surface area contributed by atoms with Gasteiger partial charge in [-0.3, -0.25) is 4.79 Å². The van der Waals surface area contributed by atoms with E-state index in [1.807, 2.05) is 44.2 Å². The van der Waals surface area contributed by atoms with E-state index < -0.39 is 7.05 Å². The number of benzene rings is 2. The average molecular weight is 374 g/mol. The minimum atomic E-state index is -0.757. The van der Waals surface area contributed by atoms with E-state index in [1.54, 1.807) is 25.0 Å². The van der Waals surface area contributed by atoms with Gasteiger partial charge in [0, 0.05) is 12.0 Å². The summed E-state index contributed by atoms with van der Waals surface area (Å²) in [5, 5.41) is 13.5. The Labute approximate surface area is 165 Å². The quantitative estimate of drug-likeness (QED) is 0.498. The third-order valence-corrected chi connectivity index (χ3v) is 4.72. The maximum atomic E-state index is 13.3. The molecule has 1 atom stereocenters. The van der Waals surface area contributed by atoms with Crippen LogP contribution in [0.15, 0.2) is 57.7 Å². The molecule has 0 fully saturated rings. The number of nitrogens with zero attached hydrogens (tertiary/aromatic N) is 1. The van der Waals surface area contributed by atoms with Crippen LogP contribution in [-0.4, -0.2) is 12.1 Å². The molecule has 0 aliphatic carbocycles. The lowest BCUT2D eigenvalue weighted by Crippen LogP contribution is -2.38. The molecule has 0 unspecified atom stereocenters. The highest BCUT2D eigenvalue weighted by molar-refractivity contribution is 6.45. The lowest BCUT2D eigenvalue weighted by molar-refractivity contribution is 0.368. The van der Waals surface area contributed by atoms with Gasteiger partial charge in [0.1, 0.15) is 11.3 Å². The van der Waals surface area contributed by atoms with Gasteiger partial charge in [0.2, 0.25) is 0 Å². The molecule has 0 spiro atoms. The zero-order chi connectivity index (χ0) is 20.3. The van der Waals surface area contributed by atoms with Crippen molar-refractivity contribution in [3.8, 4) is 0 Å². The summed E-state index contributed by atoms with van der Waals surface area (Å²) in [6, 6.07) is 14.3. The SMILES string of the molecule is [C-]#[N+]c1ccc2c(=O)c(Cc3ccccc3)c([C@H](NB(C)O)C(C)C)oc2c1. The Morgan fingerprint density at radius 3 is 2.54 bits per heavy atom. The molecule has 0 aliphatic rings. The van der Waals surface area contributed by atoms with Crippen molar-refractivity contribution >= 4 is 23.7 Å². The van der Waals surface area contributed by atoms with Crippen LogP contribution in [0.5, 0.6) is 0 Å². The predicted molar refractivity (Wildman–Crippen MR) is 113 cm³/mol. The van der Waals surface area contributed by atoms with Crippen LogP contribution in [0.1, 0.15) is 36.8 Å². The molecule has 142 valence electrons. The first kappa shape index (κ1) is 19.9. The van der Waals surface area contributed by atoms with Gasteiger partial charge < -0.3 is 14.7 Å². The highest BCUT2D eigenvalue weighted by Crippen LogP contribution is 2.30. The highest BCUT2D eigenvalue weighted by Gasteiger charge is 2.27. The van der Waals surface area contributed by atoms with Crippen LogP contribution in [0, 0.1) is 12.5 Å². The van der Waals surface area contributed by atoms with Crippen molar-refractivity contribution in [2.24, 2.45) is 5.92 Å². The normalized spacial score (nSPS) is 12.1. The zero-order valence-corrected chi connectivity index (χ0v) is 16.3. The van der Waals surface area contributed by atoms with E-state index in [0.717, 1.165) is 5.56 Å². The molecular weight excluding hydrogens is 351 g/mol. The van der Waals surface area contributed by atoms with Crippen LogP contribution in [0.2, 0.25) is 6.82 Å². The van der Waals surface area contributed by atoms with Gasteiger partial charge in [-0.1, -0.05) is 56.3 Å². The largest absolute Gasteiger partial charge is 0.460 e. The number of rotatable bonds is 6. The lowest BCUT2D eigenvalue weighted by atomic mass is 9.83. The van der Waals surface area contributed by atoms with Crippen molar-refractivity contribution in [1.29, 1.82) is 0 Å². The van der Waals surface area contributed by atoms with Crippen LogP contribution < -0.4 is 10.7 Å². The summed E-state index contributed by atoms with van der Waals surface area (Å²) in [6.07, 6.45) is 0.434. The number of hydrogen-bond donors (Lipinski definition) is 2. The second-order valence-electron chi connectivity index (χ2n) is 7.29. The molecular formula is C22H23BN2O3. The third-order valence-electron chi connectivity index (χ3n) is 4.72. The van der Waals surface area contributed by atoms with E-state index >= 15 is 0 Å². The van der Waals surface area contributed by atoms with Crippen molar-refractivity contribution in [3.05, 3.63) is 87.1 Å². The van der Waals surface area contributed by atoms with Crippen molar-refractivity contribution in [2.75, 3.05) is 0 Å². The molecule has 0 bridgehead atoms. The number of fused-ring (bicyclic) bond motifs is 1. The second-order valence-corrected chi connectivity index (χ2v) is 7.29. The highest BCUT2D eigenvalue weighted by atomic mass is 16.3. The lowest BCUT2D eigenvalue weighted by Gasteiger charge is -2.24. The third kappa shape index (κ3) is 4.17. The average Bonchev–Trinajstić information content (AvgIpc) is 2.68. The summed E-state index contributed by atoms with van der Waals surface area (Å²) >= 11 is 0. The monoisotopic (exact) mass is 374 g/mol. The van der Waals surface area contributed by atoms with Crippen LogP contribution in [0.3, 0.4) is 0 Å². The van der Waals surface area contributed by atoms with Crippen LogP contribution >= 0.6 is 0 Å². The summed E-state index contributed by atoms with van der Waals surface area (Å²) in [4.78, 5) is 16.8. The molecule has 0 radical (unpaired) electrons. The van der Waals surface area contributed by atoms with Gasteiger partial charge in [-0.25, -0.2) is 4.85 Å². The van der Waals surface area contributed by atoms with Crippen LogP contribution in [-0.2, 0) is 6.42 Å². The molecule has 0 saturated carbocycles. The van der Waals surface area contributed by atoms with Gasteiger partial charge >= 0.3 is 7.05 Å². The first-order valence-corrected chi connectivity index (χ1v) is 9.36. The Bertz CT molecular complexity index is 1070. The maximum Gasteiger partial charge on any atom is 0.374 e. The maximum absolute atomic E-state index is 13.3. The van der Waals surface area contributed by atoms with E-state index in [2.05, 4.69) is 10.1 Å². The van der Waals surface area contributed by atoms with E-state index in [9.17, 15) is 9.82 Å². The van der Waals surface area contributed by atoms with Gasteiger partial charge in [-0.2, -0.15) is 0 Å². The Balaban J connectivity index is 2.26. The Kier molecular flexibility index (Phi) is 5.98. The van der Waals surface area contributed by atoms with Gasteiger partial charge in [0.05, 0.1) is 18.0 Å². The van der Waals surface area contributed by atoms with Crippen LogP contribution in [0.4, 0.5) is 5.69 Å². The molecule has 0 amide bonds. The summed E-state index contributed by atoms with van der Waals surface area (Å²) in [5.74, 6) is 0.591. The standard InChI is InChI=1S/C22H23BN2O3/c1-14(2)20(25-23(3)27)22-18(12-15-8-6-5-7-9-15)21(26)17-11-10-16(24-4)13-19(17)28-22/h5-11,13-14,20,25,27H,12H2,1-3H3/t20-/m1/s1. The minimum absolute atomic E-state index is 0.0776. The van der Waals surface area contributed by atoms with Crippen molar-refractivity contribution in [1.82, 2.24) is 5.23 Å². The summed E-state index contributed by atoms with van der Waals surface area (Å²) in [5.41, 5.74) is 2.29. The fourth-order valence-electron chi connectivity index (χ4n) is 3.36. The summed E-state index contributed by atoms with van der Waals surface area (Å²) in [6.45, 7) is 12.9.